The Labute approximate surface area is 94.6 Å². The van der Waals surface area contributed by atoms with Crippen molar-refractivity contribution in [3.8, 4) is 0 Å². The van der Waals surface area contributed by atoms with Crippen molar-refractivity contribution < 1.29 is 9.59 Å². The molecule has 1 N–H and O–H groups in total. The molecule has 0 aliphatic heterocycles. The molecular formula is C9H7BrClNO2. The summed E-state index contributed by atoms with van der Waals surface area (Å²) < 4.78 is 0.703. The average molecular weight is 277 g/mol. The molecule has 0 aliphatic rings. The van der Waals surface area contributed by atoms with Crippen LogP contribution >= 0.6 is 27.5 Å². The predicted octanol–water partition coefficient (Wildman–Crippen LogP) is 2.58. The van der Waals surface area contributed by atoms with E-state index in [1.165, 1.54) is 0 Å². The Hall–Kier alpha value is -0.870. The van der Waals surface area contributed by atoms with Crippen molar-refractivity contribution in [3.63, 3.8) is 0 Å². The van der Waals surface area contributed by atoms with E-state index >= 15 is 0 Å². The molecule has 14 heavy (non-hydrogen) atoms. The van der Waals surface area contributed by atoms with Crippen molar-refractivity contribution in [2.45, 2.75) is 0 Å². The van der Waals surface area contributed by atoms with Gasteiger partial charge in [-0.25, -0.2) is 0 Å². The minimum absolute atomic E-state index is 0.0923. The summed E-state index contributed by atoms with van der Waals surface area (Å²) in [6.07, 6.45) is 0. The van der Waals surface area contributed by atoms with Crippen LogP contribution < -0.4 is 5.32 Å². The molecular weight excluding hydrogens is 269 g/mol. The van der Waals surface area contributed by atoms with Gasteiger partial charge in [-0.2, -0.15) is 0 Å². The molecule has 0 radical (unpaired) electrons. The third kappa shape index (κ3) is 3.12. The fourth-order valence-corrected chi connectivity index (χ4v) is 1.51. The lowest BCUT2D eigenvalue weighted by molar-refractivity contribution is 0.0993. The number of ketones is 1. The molecule has 1 rings (SSSR count). The summed E-state index contributed by atoms with van der Waals surface area (Å²) in [6, 6.07) is 6.99. The van der Waals surface area contributed by atoms with Gasteiger partial charge in [0, 0.05) is 10.0 Å². The fraction of sp³-hybridized carbons (Fsp3) is 0.111. The highest BCUT2D eigenvalue weighted by molar-refractivity contribution is 9.10. The Balaban J connectivity index is 2.70. The SMILES string of the molecule is O=C(Cl)NCC(=O)c1ccccc1Br. The lowest BCUT2D eigenvalue weighted by Gasteiger charge is -2.02. The van der Waals surface area contributed by atoms with Gasteiger partial charge in [-0.1, -0.05) is 34.1 Å². The zero-order valence-corrected chi connectivity index (χ0v) is 9.43. The van der Waals surface area contributed by atoms with E-state index in [1.54, 1.807) is 24.3 Å². The smallest absolute Gasteiger partial charge is 0.314 e. The van der Waals surface area contributed by atoms with Gasteiger partial charge in [-0.05, 0) is 17.7 Å². The first-order valence-electron chi connectivity index (χ1n) is 3.82. The van der Waals surface area contributed by atoms with Gasteiger partial charge in [0.25, 0.3) is 0 Å². The third-order valence-electron chi connectivity index (χ3n) is 1.56. The van der Waals surface area contributed by atoms with Gasteiger partial charge in [0.1, 0.15) is 0 Å². The van der Waals surface area contributed by atoms with Gasteiger partial charge in [0.05, 0.1) is 6.54 Å². The predicted molar refractivity (Wildman–Crippen MR) is 57.7 cm³/mol. The first-order chi connectivity index (χ1) is 6.61. The van der Waals surface area contributed by atoms with Gasteiger partial charge >= 0.3 is 5.37 Å². The molecule has 0 bridgehead atoms. The highest BCUT2D eigenvalue weighted by atomic mass is 79.9. The molecule has 0 heterocycles. The van der Waals surface area contributed by atoms with E-state index in [0.717, 1.165) is 0 Å². The monoisotopic (exact) mass is 275 g/mol. The quantitative estimate of drug-likeness (QED) is 0.524. The number of carbonyl (C=O) groups excluding carboxylic acids is 2. The maximum Gasteiger partial charge on any atom is 0.314 e. The minimum Gasteiger partial charge on any atom is -0.335 e. The van der Waals surface area contributed by atoms with Crippen LogP contribution in [0.1, 0.15) is 10.4 Å². The fourth-order valence-electron chi connectivity index (χ4n) is 0.932. The van der Waals surface area contributed by atoms with Gasteiger partial charge in [0.15, 0.2) is 5.78 Å². The number of rotatable bonds is 3. The van der Waals surface area contributed by atoms with Gasteiger partial charge in [-0.3, -0.25) is 9.59 Å². The second kappa shape index (κ2) is 5.12. The number of benzene rings is 1. The van der Waals surface area contributed by atoms with Gasteiger partial charge in [0.2, 0.25) is 0 Å². The molecule has 0 aliphatic carbocycles. The third-order valence-corrected chi connectivity index (χ3v) is 2.39. The summed E-state index contributed by atoms with van der Waals surface area (Å²) in [6.45, 7) is -0.0923. The average Bonchev–Trinajstić information content (AvgIpc) is 2.15. The summed E-state index contributed by atoms with van der Waals surface area (Å²) >= 11 is 8.27. The molecule has 74 valence electrons. The standard InChI is InChI=1S/C9H7BrClNO2/c10-7-4-2-1-3-6(7)8(13)5-12-9(11)14/h1-4H,5H2,(H,12,14). The van der Waals surface area contributed by atoms with Crippen LogP contribution in [0.15, 0.2) is 28.7 Å². The Kier molecular flexibility index (Phi) is 4.10. The largest absolute Gasteiger partial charge is 0.335 e. The van der Waals surface area contributed by atoms with Crippen molar-refractivity contribution in [2.24, 2.45) is 0 Å². The second-order valence-corrected chi connectivity index (χ2v) is 3.73. The van der Waals surface area contributed by atoms with Crippen LogP contribution in [0.4, 0.5) is 4.79 Å². The lowest BCUT2D eigenvalue weighted by atomic mass is 10.1. The number of amides is 1. The normalized spacial score (nSPS) is 9.57. The highest BCUT2D eigenvalue weighted by Crippen LogP contribution is 2.15. The molecule has 0 spiro atoms. The molecule has 0 fully saturated rings. The summed E-state index contributed by atoms with van der Waals surface area (Å²) in [5.74, 6) is -0.188. The Morgan fingerprint density at radius 1 is 1.36 bits per heavy atom. The van der Waals surface area contributed by atoms with Crippen LogP contribution in [0.25, 0.3) is 0 Å². The minimum atomic E-state index is -0.731. The zero-order valence-electron chi connectivity index (χ0n) is 7.09. The molecule has 3 nitrogen and oxygen atoms in total. The van der Waals surface area contributed by atoms with E-state index in [2.05, 4.69) is 21.2 Å². The molecule has 5 heteroatoms. The molecule has 0 aromatic heterocycles. The van der Waals surface area contributed by atoms with Gasteiger partial charge < -0.3 is 5.32 Å². The molecule has 0 atom stereocenters. The van der Waals surface area contributed by atoms with Crippen molar-refractivity contribution in [3.05, 3.63) is 34.3 Å². The van der Waals surface area contributed by atoms with E-state index in [-0.39, 0.29) is 12.3 Å². The van der Waals surface area contributed by atoms with Crippen molar-refractivity contribution >= 4 is 38.7 Å². The van der Waals surface area contributed by atoms with Crippen LogP contribution in [0.2, 0.25) is 0 Å². The second-order valence-electron chi connectivity index (χ2n) is 2.53. The molecule has 0 unspecified atom stereocenters. The Morgan fingerprint density at radius 3 is 2.57 bits per heavy atom. The Bertz CT molecular complexity index is 368. The lowest BCUT2D eigenvalue weighted by Crippen LogP contribution is -2.25. The van der Waals surface area contributed by atoms with E-state index in [9.17, 15) is 9.59 Å². The summed E-state index contributed by atoms with van der Waals surface area (Å²) in [7, 11) is 0. The van der Waals surface area contributed by atoms with E-state index < -0.39 is 5.37 Å². The maximum atomic E-state index is 11.5. The molecule has 0 saturated heterocycles. The maximum absolute atomic E-state index is 11.5. The first-order valence-corrected chi connectivity index (χ1v) is 4.99. The van der Waals surface area contributed by atoms with Crippen molar-refractivity contribution in [1.29, 1.82) is 0 Å². The van der Waals surface area contributed by atoms with Crippen molar-refractivity contribution in [2.75, 3.05) is 6.54 Å². The van der Waals surface area contributed by atoms with Crippen LogP contribution in [-0.2, 0) is 0 Å². The summed E-state index contributed by atoms with van der Waals surface area (Å²) in [5.41, 5.74) is 0.526. The number of carbonyl (C=O) groups is 2. The number of hydrogen-bond acceptors (Lipinski definition) is 2. The zero-order chi connectivity index (χ0) is 10.6. The number of Topliss-reactive ketones (excluding diaryl/α,β-unsaturated/α-hetero) is 1. The number of halogens is 2. The first kappa shape index (κ1) is 11.2. The van der Waals surface area contributed by atoms with E-state index in [1.807, 2.05) is 0 Å². The topological polar surface area (TPSA) is 46.2 Å². The number of nitrogens with one attached hydrogen (secondary N) is 1. The number of hydrogen-bond donors (Lipinski definition) is 1. The van der Waals surface area contributed by atoms with Gasteiger partial charge in [-0.15, -0.1) is 0 Å². The van der Waals surface area contributed by atoms with Crippen LogP contribution in [0.5, 0.6) is 0 Å². The van der Waals surface area contributed by atoms with Crippen LogP contribution in [-0.4, -0.2) is 17.7 Å². The molecule has 1 amide bonds. The summed E-state index contributed by atoms with van der Waals surface area (Å²) in [4.78, 5) is 21.8. The highest BCUT2D eigenvalue weighted by Gasteiger charge is 2.09. The molecule has 0 saturated carbocycles. The molecule has 1 aromatic carbocycles. The molecule has 1 aromatic rings. The van der Waals surface area contributed by atoms with Crippen molar-refractivity contribution in [1.82, 2.24) is 5.32 Å². The van der Waals surface area contributed by atoms with E-state index in [0.29, 0.717) is 10.0 Å². The van der Waals surface area contributed by atoms with Crippen LogP contribution in [0, 0.1) is 0 Å². The van der Waals surface area contributed by atoms with Crippen LogP contribution in [0.3, 0.4) is 0 Å². The summed E-state index contributed by atoms with van der Waals surface area (Å²) in [5, 5.41) is 1.50. The Morgan fingerprint density at radius 2 is 2.00 bits per heavy atom. The van der Waals surface area contributed by atoms with E-state index in [4.69, 9.17) is 11.6 Å².